The van der Waals surface area contributed by atoms with Crippen molar-refractivity contribution in [1.82, 2.24) is 9.47 Å². The van der Waals surface area contributed by atoms with Gasteiger partial charge in [-0.2, -0.15) is 5.26 Å². The molecule has 0 N–H and O–H groups in total. The molecule has 0 radical (unpaired) electrons. The van der Waals surface area contributed by atoms with Crippen molar-refractivity contribution in [1.29, 1.82) is 5.26 Å². The van der Waals surface area contributed by atoms with Gasteiger partial charge in [0.15, 0.2) is 0 Å². The van der Waals surface area contributed by atoms with Gasteiger partial charge in [0, 0.05) is 37.6 Å². The number of aryl methyl sites for hydroxylation is 1. The van der Waals surface area contributed by atoms with Crippen molar-refractivity contribution in [3.8, 4) is 6.07 Å². The molecule has 0 amide bonds. The predicted octanol–water partition coefficient (Wildman–Crippen LogP) is 3.32. The minimum atomic E-state index is -0.590. The Morgan fingerprint density at radius 1 is 1.46 bits per heavy atom. The normalized spacial score (nSPS) is 18.3. The molecule has 1 aliphatic rings. The lowest BCUT2D eigenvalue weighted by Crippen LogP contribution is -2.45. The van der Waals surface area contributed by atoms with Crippen LogP contribution in [0, 0.1) is 31.1 Å². The van der Waals surface area contributed by atoms with Crippen LogP contribution >= 0.6 is 0 Å². The summed E-state index contributed by atoms with van der Waals surface area (Å²) in [5.41, 5.74) is 3.08. The molecule has 1 saturated heterocycles. The highest BCUT2D eigenvalue weighted by molar-refractivity contribution is 5.98. The Labute approximate surface area is 168 Å². The van der Waals surface area contributed by atoms with Crippen LogP contribution in [0.4, 0.5) is 0 Å². The number of esters is 1. The Bertz CT molecular complexity index is 743. The Morgan fingerprint density at radius 3 is 2.86 bits per heavy atom. The number of carbonyl (C=O) groups excluding carboxylic acids is 1. The van der Waals surface area contributed by atoms with E-state index in [1.54, 1.807) is 6.08 Å². The minimum Gasteiger partial charge on any atom is -0.459 e. The monoisotopic (exact) mass is 387 g/mol. The number of morpholine rings is 1. The third kappa shape index (κ3) is 5.95. The van der Waals surface area contributed by atoms with Crippen LogP contribution in [0.1, 0.15) is 44.1 Å². The van der Waals surface area contributed by atoms with Crippen LogP contribution in [0.2, 0.25) is 0 Å². The molecule has 1 aliphatic heterocycles. The van der Waals surface area contributed by atoms with Crippen LogP contribution in [0.3, 0.4) is 0 Å². The summed E-state index contributed by atoms with van der Waals surface area (Å²) in [4.78, 5) is 14.8. The van der Waals surface area contributed by atoms with Crippen molar-refractivity contribution >= 4 is 12.0 Å². The molecule has 0 saturated carbocycles. The molecule has 6 heteroatoms. The van der Waals surface area contributed by atoms with Gasteiger partial charge >= 0.3 is 5.97 Å². The van der Waals surface area contributed by atoms with E-state index < -0.39 is 5.97 Å². The number of nitrogens with zero attached hydrogens (tertiary/aromatic N) is 3. The highest BCUT2D eigenvalue weighted by Crippen LogP contribution is 2.19. The molecule has 1 aromatic heterocycles. The van der Waals surface area contributed by atoms with Gasteiger partial charge in [-0.15, -0.1) is 0 Å². The number of hydrogen-bond donors (Lipinski definition) is 0. The van der Waals surface area contributed by atoms with E-state index in [1.165, 1.54) is 0 Å². The van der Waals surface area contributed by atoms with Gasteiger partial charge in [-0.1, -0.05) is 20.8 Å². The molecule has 1 aromatic rings. The number of nitriles is 1. The van der Waals surface area contributed by atoms with E-state index in [-0.39, 0.29) is 18.3 Å². The number of rotatable bonds is 8. The number of carbonyl (C=O) groups is 1. The second kappa shape index (κ2) is 10.4. The molecule has 2 heterocycles. The predicted molar refractivity (Wildman–Crippen MR) is 110 cm³/mol. The van der Waals surface area contributed by atoms with Gasteiger partial charge in [0.25, 0.3) is 0 Å². The minimum absolute atomic E-state index is 0.0200. The zero-order chi connectivity index (χ0) is 20.7. The van der Waals surface area contributed by atoms with Gasteiger partial charge in [-0.25, -0.2) is 4.79 Å². The zero-order valence-corrected chi connectivity index (χ0v) is 17.8. The molecule has 1 unspecified atom stereocenters. The van der Waals surface area contributed by atoms with Crippen LogP contribution < -0.4 is 0 Å². The fourth-order valence-electron chi connectivity index (χ4n) is 3.64. The summed E-state index contributed by atoms with van der Waals surface area (Å²) in [6.45, 7) is 14.9. The summed E-state index contributed by atoms with van der Waals surface area (Å²) in [7, 11) is 0. The average molecular weight is 388 g/mol. The topological polar surface area (TPSA) is 67.5 Å². The lowest BCUT2D eigenvalue weighted by Gasteiger charge is -2.33. The largest absolute Gasteiger partial charge is 0.459 e. The first-order valence-corrected chi connectivity index (χ1v) is 10.1. The fraction of sp³-hybridized carbons (Fsp3) is 0.636. The molecule has 2 rings (SSSR count). The van der Waals surface area contributed by atoms with E-state index in [0.717, 1.165) is 49.6 Å². The second-order valence-electron chi connectivity index (χ2n) is 7.89. The first-order chi connectivity index (χ1) is 13.3. The average Bonchev–Trinajstić information content (AvgIpc) is 2.91. The molecule has 1 atom stereocenters. The van der Waals surface area contributed by atoms with Crippen LogP contribution in [0.5, 0.6) is 0 Å². The Hall–Kier alpha value is -2.10. The summed E-state index contributed by atoms with van der Waals surface area (Å²) in [5.74, 6) is -0.00601. The van der Waals surface area contributed by atoms with Crippen LogP contribution in [0.25, 0.3) is 6.08 Å². The number of ether oxygens (including phenoxy) is 2. The quantitative estimate of drug-likeness (QED) is 0.389. The van der Waals surface area contributed by atoms with Crippen molar-refractivity contribution in [3.63, 3.8) is 0 Å². The molecular formula is C22H33N3O3. The van der Waals surface area contributed by atoms with Crippen molar-refractivity contribution < 1.29 is 14.3 Å². The van der Waals surface area contributed by atoms with Crippen LogP contribution in [-0.4, -0.2) is 54.4 Å². The maximum atomic E-state index is 12.4. The smallest absolute Gasteiger partial charge is 0.348 e. The van der Waals surface area contributed by atoms with Gasteiger partial charge in [0.05, 0.1) is 6.61 Å². The van der Waals surface area contributed by atoms with Crippen molar-refractivity contribution in [3.05, 3.63) is 28.6 Å². The first-order valence-electron chi connectivity index (χ1n) is 10.1. The Kier molecular flexibility index (Phi) is 8.28. The zero-order valence-electron chi connectivity index (χ0n) is 17.8. The van der Waals surface area contributed by atoms with Gasteiger partial charge in [0.1, 0.15) is 24.4 Å². The molecule has 0 aliphatic carbocycles. The van der Waals surface area contributed by atoms with E-state index in [4.69, 9.17) is 9.47 Å². The molecule has 0 aromatic carbocycles. The van der Waals surface area contributed by atoms with Crippen molar-refractivity contribution in [2.75, 3.05) is 32.8 Å². The summed E-state index contributed by atoms with van der Waals surface area (Å²) in [5, 5.41) is 9.44. The maximum absolute atomic E-state index is 12.4. The third-order valence-corrected chi connectivity index (χ3v) is 4.95. The second-order valence-corrected chi connectivity index (χ2v) is 7.89. The van der Waals surface area contributed by atoms with Gasteiger partial charge in [-0.05, 0) is 43.9 Å². The molecule has 6 nitrogen and oxygen atoms in total. The van der Waals surface area contributed by atoms with E-state index in [2.05, 4.69) is 30.2 Å². The molecule has 28 heavy (non-hydrogen) atoms. The van der Waals surface area contributed by atoms with Gasteiger partial charge < -0.3 is 14.0 Å². The van der Waals surface area contributed by atoms with Crippen LogP contribution in [-0.2, 0) is 20.8 Å². The highest BCUT2D eigenvalue weighted by Gasteiger charge is 2.23. The van der Waals surface area contributed by atoms with Gasteiger partial charge in [-0.3, -0.25) is 4.90 Å². The maximum Gasteiger partial charge on any atom is 0.348 e. The van der Waals surface area contributed by atoms with E-state index in [9.17, 15) is 10.1 Å². The van der Waals surface area contributed by atoms with Crippen molar-refractivity contribution in [2.24, 2.45) is 5.92 Å². The summed E-state index contributed by atoms with van der Waals surface area (Å²) < 4.78 is 13.3. The summed E-state index contributed by atoms with van der Waals surface area (Å²) in [6.07, 6.45) is 2.51. The van der Waals surface area contributed by atoms with Gasteiger partial charge in [0.2, 0.25) is 0 Å². The first kappa shape index (κ1) is 22.2. The SMILES string of the molecule is CCCn1c(C)cc(/C=C(/C#N)C(=O)OCC2CN(CC(C)C)CCO2)c1C. The lowest BCUT2D eigenvalue weighted by atomic mass is 10.1. The standard InChI is InChI=1S/C22H33N3O3/c1-6-7-25-17(4)10-19(18(25)5)11-20(12-23)22(26)28-15-21-14-24(8-9-27-21)13-16(2)3/h10-11,16,21H,6-9,13-15H2,1-5H3/b20-11-. The van der Waals surface area contributed by atoms with E-state index in [0.29, 0.717) is 12.5 Å². The molecule has 0 bridgehead atoms. The number of aromatic nitrogens is 1. The fourth-order valence-corrected chi connectivity index (χ4v) is 3.64. The Morgan fingerprint density at radius 2 is 2.21 bits per heavy atom. The van der Waals surface area contributed by atoms with E-state index >= 15 is 0 Å². The highest BCUT2D eigenvalue weighted by atomic mass is 16.6. The van der Waals surface area contributed by atoms with Crippen LogP contribution in [0.15, 0.2) is 11.6 Å². The molecule has 154 valence electrons. The number of hydrogen-bond acceptors (Lipinski definition) is 5. The Balaban J connectivity index is 1.99. The lowest BCUT2D eigenvalue weighted by molar-refractivity contribution is -0.145. The van der Waals surface area contributed by atoms with E-state index in [1.807, 2.05) is 26.0 Å². The summed E-state index contributed by atoms with van der Waals surface area (Å²) >= 11 is 0. The third-order valence-electron chi connectivity index (χ3n) is 4.95. The summed E-state index contributed by atoms with van der Waals surface area (Å²) in [6, 6.07) is 3.99. The molecule has 1 fully saturated rings. The van der Waals surface area contributed by atoms with Crippen molar-refractivity contribution in [2.45, 2.75) is 53.7 Å². The molecule has 0 spiro atoms. The molecular weight excluding hydrogens is 354 g/mol.